The molecule has 2 heterocycles. The smallest absolute Gasteiger partial charge is 0.420 e. The van der Waals surface area contributed by atoms with Crippen LogP contribution in [0.25, 0.3) is 11.1 Å². The van der Waals surface area contributed by atoms with Gasteiger partial charge in [-0.1, -0.05) is 23.7 Å². The number of rotatable bonds is 6. The lowest BCUT2D eigenvalue weighted by Gasteiger charge is -2.34. The predicted octanol–water partition coefficient (Wildman–Crippen LogP) is 2.47. The van der Waals surface area contributed by atoms with Crippen LogP contribution >= 0.6 is 11.6 Å². The van der Waals surface area contributed by atoms with Gasteiger partial charge in [0.15, 0.2) is 5.58 Å². The normalized spacial score (nSPS) is 15.0. The van der Waals surface area contributed by atoms with Gasteiger partial charge in [-0.25, -0.2) is 4.79 Å². The van der Waals surface area contributed by atoms with Crippen molar-refractivity contribution in [3.8, 4) is 5.75 Å². The van der Waals surface area contributed by atoms with Gasteiger partial charge in [-0.05, 0) is 36.4 Å². The zero-order valence-electron chi connectivity index (χ0n) is 15.9. The highest BCUT2D eigenvalue weighted by Gasteiger charge is 2.22. The zero-order valence-corrected chi connectivity index (χ0v) is 16.7. The van der Waals surface area contributed by atoms with E-state index in [1.165, 1.54) is 4.57 Å². The molecule has 0 bridgehead atoms. The Labute approximate surface area is 173 Å². The highest BCUT2D eigenvalue weighted by molar-refractivity contribution is 6.30. The number of para-hydroxylation sites is 2. The second-order valence-corrected chi connectivity index (χ2v) is 7.38. The number of fused-ring (bicyclic) bond motifs is 1. The lowest BCUT2D eigenvalue weighted by atomic mass is 10.3. The molecule has 1 amide bonds. The maximum absolute atomic E-state index is 12.7. The molecule has 7 nitrogen and oxygen atoms in total. The summed E-state index contributed by atoms with van der Waals surface area (Å²) in [7, 11) is 0. The third kappa shape index (κ3) is 4.63. The number of benzene rings is 2. The second kappa shape index (κ2) is 8.71. The minimum absolute atomic E-state index is 0.00444. The van der Waals surface area contributed by atoms with E-state index in [4.69, 9.17) is 20.8 Å². The third-order valence-corrected chi connectivity index (χ3v) is 5.33. The van der Waals surface area contributed by atoms with Crippen LogP contribution < -0.4 is 10.5 Å². The average molecular weight is 416 g/mol. The Morgan fingerprint density at radius 2 is 1.76 bits per heavy atom. The lowest BCUT2D eigenvalue weighted by molar-refractivity contribution is -0.133. The van der Waals surface area contributed by atoms with Crippen molar-refractivity contribution in [3.63, 3.8) is 0 Å². The van der Waals surface area contributed by atoms with E-state index in [9.17, 15) is 9.59 Å². The minimum atomic E-state index is -0.502. The number of hydrogen-bond acceptors (Lipinski definition) is 5. The summed E-state index contributed by atoms with van der Waals surface area (Å²) in [6.07, 6.45) is 0. The predicted molar refractivity (Wildman–Crippen MR) is 110 cm³/mol. The van der Waals surface area contributed by atoms with Gasteiger partial charge in [0.05, 0.1) is 5.52 Å². The number of oxazole rings is 1. The molecule has 0 spiro atoms. The van der Waals surface area contributed by atoms with E-state index in [1.54, 1.807) is 35.2 Å². The molecule has 4 rings (SSSR count). The molecule has 8 heteroatoms. The molecule has 1 aromatic heterocycles. The van der Waals surface area contributed by atoms with Crippen molar-refractivity contribution in [2.24, 2.45) is 0 Å². The molecular weight excluding hydrogens is 394 g/mol. The van der Waals surface area contributed by atoms with Crippen LogP contribution in [0.1, 0.15) is 0 Å². The Kier molecular flexibility index (Phi) is 5.87. The van der Waals surface area contributed by atoms with Gasteiger partial charge in [-0.3, -0.25) is 14.3 Å². The van der Waals surface area contributed by atoms with Crippen molar-refractivity contribution in [1.29, 1.82) is 0 Å². The number of hydrogen-bond donors (Lipinski definition) is 0. The van der Waals surface area contributed by atoms with Crippen LogP contribution in [-0.4, -0.2) is 59.6 Å². The number of carbonyl (C=O) groups excluding carboxylic acids is 1. The maximum atomic E-state index is 12.7. The zero-order chi connectivity index (χ0) is 20.2. The first-order valence-corrected chi connectivity index (χ1v) is 9.95. The van der Waals surface area contributed by atoms with E-state index in [-0.39, 0.29) is 12.5 Å². The Morgan fingerprint density at radius 1 is 1.03 bits per heavy atom. The molecule has 0 N–H and O–H groups in total. The van der Waals surface area contributed by atoms with Gasteiger partial charge < -0.3 is 14.1 Å². The van der Waals surface area contributed by atoms with Gasteiger partial charge in [0.1, 0.15) is 18.9 Å². The molecule has 2 aromatic carbocycles. The third-order valence-electron chi connectivity index (χ3n) is 5.08. The summed E-state index contributed by atoms with van der Waals surface area (Å²) in [5.41, 5.74) is 1.14. The Morgan fingerprint density at radius 3 is 2.52 bits per heavy atom. The summed E-state index contributed by atoms with van der Waals surface area (Å²) in [5.74, 6) is 0.217. The number of amides is 1. The monoisotopic (exact) mass is 415 g/mol. The van der Waals surface area contributed by atoms with E-state index in [2.05, 4.69) is 4.90 Å². The molecule has 29 heavy (non-hydrogen) atoms. The van der Waals surface area contributed by atoms with Crippen molar-refractivity contribution in [2.75, 3.05) is 39.3 Å². The molecule has 0 saturated carbocycles. The topological polar surface area (TPSA) is 67.9 Å². The van der Waals surface area contributed by atoms with Crippen molar-refractivity contribution < 1.29 is 13.9 Å². The van der Waals surface area contributed by atoms with Gasteiger partial charge in [0.25, 0.3) is 0 Å². The van der Waals surface area contributed by atoms with Crippen molar-refractivity contribution >= 4 is 28.6 Å². The number of carbonyl (C=O) groups is 1. The summed E-state index contributed by atoms with van der Waals surface area (Å²) >= 11 is 5.87. The van der Waals surface area contributed by atoms with Crippen molar-refractivity contribution in [2.45, 2.75) is 6.54 Å². The van der Waals surface area contributed by atoms with E-state index >= 15 is 0 Å². The number of halogens is 1. The molecule has 0 atom stereocenters. The van der Waals surface area contributed by atoms with Gasteiger partial charge >= 0.3 is 5.76 Å². The van der Waals surface area contributed by atoms with Crippen LogP contribution in [0.4, 0.5) is 0 Å². The fourth-order valence-electron chi connectivity index (χ4n) is 3.44. The molecule has 1 aliphatic rings. The van der Waals surface area contributed by atoms with Crippen LogP contribution in [0, 0.1) is 0 Å². The summed E-state index contributed by atoms with van der Waals surface area (Å²) in [6, 6.07) is 14.4. The largest absolute Gasteiger partial charge is 0.492 e. The average Bonchev–Trinajstić information content (AvgIpc) is 3.05. The van der Waals surface area contributed by atoms with E-state index < -0.39 is 5.76 Å². The fraction of sp³-hybridized carbons (Fsp3) is 0.333. The van der Waals surface area contributed by atoms with E-state index in [0.29, 0.717) is 35.8 Å². The van der Waals surface area contributed by atoms with E-state index in [0.717, 1.165) is 25.4 Å². The molecule has 1 fully saturated rings. The van der Waals surface area contributed by atoms with Gasteiger partial charge in [-0.15, -0.1) is 0 Å². The molecule has 0 aliphatic carbocycles. The quantitative estimate of drug-likeness (QED) is 0.618. The highest BCUT2D eigenvalue weighted by Crippen LogP contribution is 2.16. The summed E-state index contributed by atoms with van der Waals surface area (Å²) in [6.45, 7) is 4.17. The molecule has 1 aliphatic heterocycles. The molecule has 152 valence electrons. The summed E-state index contributed by atoms with van der Waals surface area (Å²) in [4.78, 5) is 28.8. The molecule has 3 aromatic rings. The second-order valence-electron chi connectivity index (χ2n) is 6.95. The lowest BCUT2D eigenvalue weighted by Crippen LogP contribution is -2.50. The number of nitrogens with zero attached hydrogens (tertiary/aromatic N) is 3. The Hall–Kier alpha value is -2.77. The van der Waals surface area contributed by atoms with Crippen molar-refractivity contribution in [1.82, 2.24) is 14.4 Å². The van der Waals surface area contributed by atoms with Crippen LogP contribution in [0.15, 0.2) is 57.7 Å². The van der Waals surface area contributed by atoms with Gasteiger partial charge in [0, 0.05) is 37.7 Å². The first-order valence-electron chi connectivity index (χ1n) is 9.57. The van der Waals surface area contributed by atoms with E-state index in [1.807, 2.05) is 18.2 Å². The highest BCUT2D eigenvalue weighted by atomic mass is 35.5. The van der Waals surface area contributed by atoms with Gasteiger partial charge in [-0.2, -0.15) is 0 Å². The Bertz CT molecular complexity index is 1040. The standard InChI is InChI=1S/C21H22ClN3O4/c22-16-5-7-17(8-6-16)28-14-13-23-9-11-24(12-10-23)20(26)15-25-18-3-1-2-4-19(18)29-21(25)27/h1-8H,9-15H2. The van der Waals surface area contributed by atoms with Crippen LogP contribution in [-0.2, 0) is 11.3 Å². The number of piperazine rings is 1. The van der Waals surface area contributed by atoms with Crippen LogP contribution in [0.2, 0.25) is 5.02 Å². The number of ether oxygens (including phenoxy) is 1. The molecule has 0 radical (unpaired) electrons. The number of aromatic nitrogens is 1. The Balaban J connectivity index is 1.25. The van der Waals surface area contributed by atoms with Crippen LogP contribution in [0.5, 0.6) is 5.75 Å². The van der Waals surface area contributed by atoms with Crippen molar-refractivity contribution in [3.05, 3.63) is 64.1 Å². The van der Waals surface area contributed by atoms with Gasteiger partial charge in [0.2, 0.25) is 5.91 Å². The first-order chi connectivity index (χ1) is 14.1. The molecule has 1 saturated heterocycles. The molecular formula is C21H22ClN3O4. The maximum Gasteiger partial charge on any atom is 0.420 e. The molecule has 0 unspecified atom stereocenters. The SMILES string of the molecule is O=C(Cn1c(=O)oc2ccccc21)N1CCN(CCOc2ccc(Cl)cc2)CC1. The first kappa shape index (κ1) is 19.5. The minimum Gasteiger partial charge on any atom is -0.492 e. The van der Waals surface area contributed by atoms with Crippen LogP contribution in [0.3, 0.4) is 0 Å². The summed E-state index contributed by atoms with van der Waals surface area (Å²) < 4.78 is 12.3. The summed E-state index contributed by atoms with van der Waals surface area (Å²) in [5, 5.41) is 0.684. The fourth-order valence-corrected chi connectivity index (χ4v) is 3.57.